The molecule has 100 valence electrons. The van der Waals surface area contributed by atoms with Crippen molar-refractivity contribution in [2.24, 2.45) is 11.8 Å². The Morgan fingerprint density at radius 1 is 1.06 bits per heavy atom. The molecule has 0 aliphatic rings. The normalized spacial score (nSPS) is 14.3. The van der Waals surface area contributed by atoms with Crippen LogP contribution in [0.15, 0.2) is 24.3 Å². The highest BCUT2D eigenvalue weighted by Crippen LogP contribution is 2.17. The van der Waals surface area contributed by atoms with Gasteiger partial charge in [0, 0.05) is 17.6 Å². The smallest absolute Gasteiger partial charge is 0.227 e. The molecule has 0 fully saturated rings. The first-order valence-electron chi connectivity index (χ1n) is 6.53. The van der Waals surface area contributed by atoms with Gasteiger partial charge in [-0.15, -0.1) is 0 Å². The van der Waals surface area contributed by atoms with Gasteiger partial charge in [-0.1, -0.05) is 32.9 Å². The molecule has 0 bridgehead atoms. The molecule has 0 heterocycles. The zero-order valence-electron chi connectivity index (χ0n) is 11.9. The Labute approximate surface area is 110 Å². The van der Waals surface area contributed by atoms with Gasteiger partial charge in [-0.2, -0.15) is 0 Å². The Balaban J connectivity index is 2.67. The Morgan fingerprint density at radius 2 is 1.61 bits per heavy atom. The number of carbonyl (C=O) groups excluding carboxylic acids is 1. The van der Waals surface area contributed by atoms with Crippen LogP contribution < -0.4 is 10.6 Å². The maximum absolute atomic E-state index is 11.9. The average Bonchev–Trinajstić information content (AvgIpc) is 2.37. The minimum Gasteiger partial charge on any atom is -0.326 e. The molecule has 1 aromatic carbocycles. The monoisotopic (exact) mass is 248 g/mol. The van der Waals surface area contributed by atoms with Crippen molar-refractivity contribution in [3.63, 3.8) is 0 Å². The molecular weight excluding hydrogens is 224 g/mol. The van der Waals surface area contributed by atoms with E-state index in [1.165, 1.54) is 5.56 Å². The first-order valence-corrected chi connectivity index (χ1v) is 6.53. The topological polar surface area (TPSA) is 41.1 Å². The minimum absolute atomic E-state index is 0.0286. The van der Waals surface area contributed by atoms with Crippen molar-refractivity contribution in [3.8, 4) is 0 Å². The quantitative estimate of drug-likeness (QED) is 0.840. The highest BCUT2D eigenvalue weighted by Gasteiger charge is 2.16. The molecule has 0 aromatic heterocycles. The van der Waals surface area contributed by atoms with Crippen LogP contribution in [-0.2, 0) is 4.79 Å². The van der Waals surface area contributed by atoms with Gasteiger partial charge in [0.2, 0.25) is 5.91 Å². The van der Waals surface area contributed by atoms with Crippen LogP contribution in [0, 0.1) is 11.8 Å². The molecule has 18 heavy (non-hydrogen) atoms. The number of anilines is 1. The van der Waals surface area contributed by atoms with Gasteiger partial charge in [-0.25, -0.2) is 0 Å². The second kappa shape index (κ2) is 6.55. The zero-order chi connectivity index (χ0) is 13.7. The lowest BCUT2D eigenvalue weighted by atomic mass is 9.97. The summed E-state index contributed by atoms with van der Waals surface area (Å²) in [6, 6.07) is 8.31. The molecule has 0 aliphatic carbocycles. The van der Waals surface area contributed by atoms with Crippen LogP contribution in [-0.4, -0.2) is 13.0 Å². The number of benzene rings is 1. The predicted octanol–water partition coefficient (Wildman–Crippen LogP) is 3.20. The van der Waals surface area contributed by atoms with Crippen LogP contribution in [0.4, 0.5) is 5.69 Å². The molecule has 2 unspecified atom stereocenters. The van der Waals surface area contributed by atoms with Gasteiger partial charge in [0.15, 0.2) is 0 Å². The predicted molar refractivity (Wildman–Crippen MR) is 76.5 cm³/mol. The van der Waals surface area contributed by atoms with Crippen molar-refractivity contribution < 1.29 is 4.79 Å². The summed E-state index contributed by atoms with van der Waals surface area (Å²) in [7, 11) is 1.94. The number of hydrogen-bond donors (Lipinski definition) is 2. The van der Waals surface area contributed by atoms with Crippen molar-refractivity contribution >= 4 is 11.6 Å². The van der Waals surface area contributed by atoms with E-state index in [2.05, 4.69) is 31.4 Å². The number of rotatable bonds is 5. The van der Waals surface area contributed by atoms with E-state index >= 15 is 0 Å². The molecule has 0 saturated heterocycles. The van der Waals surface area contributed by atoms with Crippen molar-refractivity contribution in [1.82, 2.24) is 5.32 Å². The second-order valence-electron chi connectivity index (χ2n) is 5.15. The number of carbonyl (C=O) groups is 1. The van der Waals surface area contributed by atoms with Gasteiger partial charge in [0.05, 0.1) is 0 Å². The maximum Gasteiger partial charge on any atom is 0.227 e. The lowest BCUT2D eigenvalue weighted by Gasteiger charge is -2.16. The van der Waals surface area contributed by atoms with Crippen LogP contribution in [0.2, 0.25) is 0 Å². The molecule has 1 rings (SSSR count). The summed E-state index contributed by atoms with van der Waals surface area (Å²) in [5.41, 5.74) is 2.08. The van der Waals surface area contributed by atoms with E-state index in [0.29, 0.717) is 12.0 Å². The number of hydrogen-bond acceptors (Lipinski definition) is 2. The molecular formula is C15H24N2O. The van der Waals surface area contributed by atoms with Crippen molar-refractivity contribution in [2.45, 2.75) is 33.7 Å². The molecule has 0 spiro atoms. The Hall–Kier alpha value is -1.35. The highest BCUT2D eigenvalue weighted by molar-refractivity contribution is 5.92. The molecule has 1 amide bonds. The number of nitrogens with one attached hydrogen (secondary N) is 2. The van der Waals surface area contributed by atoms with Crippen LogP contribution in [0.1, 0.15) is 39.3 Å². The largest absolute Gasteiger partial charge is 0.326 e. The van der Waals surface area contributed by atoms with E-state index in [1.54, 1.807) is 0 Å². The van der Waals surface area contributed by atoms with Crippen LogP contribution in [0.3, 0.4) is 0 Å². The van der Waals surface area contributed by atoms with E-state index in [9.17, 15) is 4.79 Å². The van der Waals surface area contributed by atoms with Gasteiger partial charge in [-0.05, 0) is 37.6 Å². The fraction of sp³-hybridized carbons (Fsp3) is 0.533. The maximum atomic E-state index is 11.9. The first kappa shape index (κ1) is 14.7. The summed E-state index contributed by atoms with van der Waals surface area (Å²) in [6.07, 6.45) is 0. The summed E-state index contributed by atoms with van der Waals surface area (Å²) < 4.78 is 0. The van der Waals surface area contributed by atoms with E-state index in [0.717, 1.165) is 5.69 Å². The molecule has 1 aromatic rings. The van der Waals surface area contributed by atoms with Crippen molar-refractivity contribution in [2.75, 3.05) is 12.4 Å². The standard InChI is InChI=1S/C15H24N2O/c1-10(2)11(3)15(18)17-14-8-6-13(7-9-14)12(4)16-5/h6-12,16H,1-5H3,(H,17,18). The van der Waals surface area contributed by atoms with Gasteiger partial charge in [-0.3, -0.25) is 4.79 Å². The third-order valence-electron chi connectivity index (χ3n) is 3.52. The van der Waals surface area contributed by atoms with E-state index < -0.39 is 0 Å². The van der Waals surface area contributed by atoms with Crippen molar-refractivity contribution in [3.05, 3.63) is 29.8 Å². The van der Waals surface area contributed by atoms with Gasteiger partial charge in [0.25, 0.3) is 0 Å². The Morgan fingerprint density at radius 3 is 2.06 bits per heavy atom. The summed E-state index contributed by atoms with van der Waals surface area (Å²) in [5, 5.41) is 6.14. The summed E-state index contributed by atoms with van der Waals surface area (Å²) >= 11 is 0. The Bertz CT molecular complexity index is 384. The van der Waals surface area contributed by atoms with Crippen LogP contribution in [0.5, 0.6) is 0 Å². The molecule has 2 N–H and O–H groups in total. The Kier molecular flexibility index (Phi) is 5.35. The lowest BCUT2D eigenvalue weighted by molar-refractivity contribution is -0.120. The minimum atomic E-state index is 0.0286. The summed E-state index contributed by atoms with van der Waals surface area (Å²) in [5.74, 6) is 0.467. The average molecular weight is 248 g/mol. The third-order valence-corrected chi connectivity index (χ3v) is 3.52. The third kappa shape index (κ3) is 3.84. The van der Waals surface area contributed by atoms with Crippen LogP contribution in [0.25, 0.3) is 0 Å². The zero-order valence-corrected chi connectivity index (χ0v) is 11.9. The van der Waals surface area contributed by atoms with Gasteiger partial charge >= 0.3 is 0 Å². The molecule has 0 radical (unpaired) electrons. The fourth-order valence-electron chi connectivity index (χ4n) is 1.58. The van der Waals surface area contributed by atoms with E-state index in [1.807, 2.05) is 38.2 Å². The number of amides is 1. The summed E-state index contributed by atoms with van der Waals surface area (Å²) in [6.45, 7) is 8.18. The van der Waals surface area contributed by atoms with E-state index in [-0.39, 0.29) is 11.8 Å². The fourth-order valence-corrected chi connectivity index (χ4v) is 1.58. The van der Waals surface area contributed by atoms with Crippen LogP contribution >= 0.6 is 0 Å². The van der Waals surface area contributed by atoms with Crippen molar-refractivity contribution in [1.29, 1.82) is 0 Å². The first-order chi connectivity index (χ1) is 8.45. The van der Waals surface area contributed by atoms with E-state index in [4.69, 9.17) is 0 Å². The molecule has 0 saturated carbocycles. The molecule has 0 aliphatic heterocycles. The van der Waals surface area contributed by atoms with Gasteiger partial charge in [0.1, 0.15) is 0 Å². The second-order valence-corrected chi connectivity index (χ2v) is 5.15. The molecule has 3 nitrogen and oxygen atoms in total. The highest BCUT2D eigenvalue weighted by atomic mass is 16.1. The molecule has 2 atom stereocenters. The SMILES string of the molecule is CNC(C)c1ccc(NC(=O)C(C)C(C)C)cc1. The molecule has 3 heteroatoms. The summed E-state index contributed by atoms with van der Waals surface area (Å²) in [4.78, 5) is 11.9. The lowest BCUT2D eigenvalue weighted by Crippen LogP contribution is -2.24. The van der Waals surface area contributed by atoms with Gasteiger partial charge < -0.3 is 10.6 Å².